The molecule has 0 aromatic heterocycles. The number of benzene rings is 1. The highest BCUT2D eigenvalue weighted by Crippen LogP contribution is 2.34. The van der Waals surface area contributed by atoms with Crippen molar-refractivity contribution in [3.8, 4) is 0 Å². The molecule has 1 amide bonds. The van der Waals surface area contributed by atoms with Gasteiger partial charge in [-0.05, 0) is 45.7 Å². The Labute approximate surface area is 139 Å². The van der Waals surface area contributed by atoms with Crippen LogP contribution in [0.25, 0.3) is 0 Å². The van der Waals surface area contributed by atoms with E-state index in [2.05, 4.69) is 10.6 Å². The number of carbonyl (C=O) groups excluding carboxylic acids is 1. The van der Waals surface area contributed by atoms with Crippen molar-refractivity contribution in [1.82, 2.24) is 5.32 Å². The van der Waals surface area contributed by atoms with Crippen LogP contribution in [0.5, 0.6) is 0 Å². The zero-order chi connectivity index (χ0) is 16.5. The Hall–Kier alpha value is -1.20. The second-order valence-electron chi connectivity index (χ2n) is 6.40. The predicted octanol–water partition coefficient (Wildman–Crippen LogP) is 4.60. The van der Waals surface area contributed by atoms with E-state index in [1.54, 1.807) is 0 Å². The van der Waals surface area contributed by atoms with Crippen molar-refractivity contribution in [1.29, 1.82) is 0 Å². The molecule has 1 aromatic rings. The van der Waals surface area contributed by atoms with Crippen LogP contribution >= 0.6 is 23.2 Å². The van der Waals surface area contributed by atoms with Crippen molar-refractivity contribution in [2.24, 2.45) is 0 Å². The van der Waals surface area contributed by atoms with Gasteiger partial charge in [-0.2, -0.15) is 0 Å². The van der Waals surface area contributed by atoms with Gasteiger partial charge in [0, 0.05) is 12.1 Å². The summed E-state index contributed by atoms with van der Waals surface area (Å²) >= 11 is 12.0. The maximum Gasteiger partial charge on any atom is 0.407 e. The Morgan fingerprint density at radius 2 is 1.77 bits per heavy atom. The van der Waals surface area contributed by atoms with Crippen molar-refractivity contribution in [3.05, 3.63) is 28.0 Å². The minimum Gasteiger partial charge on any atom is -0.444 e. The van der Waals surface area contributed by atoms with Gasteiger partial charge < -0.3 is 15.4 Å². The molecule has 2 rings (SSSR count). The molecule has 0 aliphatic heterocycles. The van der Waals surface area contributed by atoms with Crippen LogP contribution in [0.15, 0.2) is 12.1 Å². The lowest BCUT2D eigenvalue weighted by atomic mass is 9.86. The molecule has 1 saturated carbocycles. The van der Waals surface area contributed by atoms with Crippen LogP contribution in [0, 0.1) is 5.82 Å². The number of alkyl carbamates (subject to hydrolysis) is 1. The number of hydrogen-bond acceptors (Lipinski definition) is 3. The third kappa shape index (κ3) is 4.65. The van der Waals surface area contributed by atoms with E-state index in [1.807, 2.05) is 20.8 Å². The molecular formula is C15H19Cl2FN2O2. The number of nitrogens with one attached hydrogen (secondary N) is 2. The molecule has 1 fully saturated rings. The van der Waals surface area contributed by atoms with Crippen molar-refractivity contribution >= 4 is 35.0 Å². The summed E-state index contributed by atoms with van der Waals surface area (Å²) in [4.78, 5) is 11.6. The summed E-state index contributed by atoms with van der Waals surface area (Å²) in [5, 5.41) is 6.46. The summed E-state index contributed by atoms with van der Waals surface area (Å²) in [5.41, 5.74) is 0.00569. The number of rotatable bonds is 3. The first kappa shape index (κ1) is 17.2. The number of anilines is 1. The van der Waals surface area contributed by atoms with E-state index in [-0.39, 0.29) is 22.1 Å². The molecule has 0 spiro atoms. The van der Waals surface area contributed by atoms with Crippen LogP contribution in [0.3, 0.4) is 0 Å². The van der Waals surface area contributed by atoms with Crippen molar-refractivity contribution in [2.75, 3.05) is 5.32 Å². The quantitative estimate of drug-likeness (QED) is 0.839. The van der Waals surface area contributed by atoms with E-state index in [0.29, 0.717) is 5.69 Å². The van der Waals surface area contributed by atoms with Gasteiger partial charge in [0.1, 0.15) is 11.4 Å². The fraction of sp³-hybridized carbons (Fsp3) is 0.533. The molecule has 7 heteroatoms. The molecule has 122 valence electrons. The van der Waals surface area contributed by atoms with Gasteiger partial charge in [-0.15, -0.1) is 0 Å². The molecule has 0 unspecified atom stereocenters. The largest absolute Gasteiger partial charge is 0.444 e. The molecule has 0 atom stereocenters. The van der Waals surface area contributed by atoms with E-state index in [4.69, 9.17) is 27.9 Å². The molecule has 1 aromatic carbocycles. The van der Waals surface area contributed by atoms with Gasteiger partial charge >= 0.3 is 6.09 Å². The summed E-state index contributed by atoms with van der Waals surface area (Å²) < 4.78 is 18.3. The Balaban J connectivity index is 1.82. The highest BCUT2D eigenvalue weighted by molar-refractivity contribution is 6.39. The first-order valence-corrected chi connectivity index (χ1v) is 7.80. The lowest BCUT2D eigenvalue weighted by molar-refractivity contribution is 0.0475. The van der Waals surface area contributed by atoms with Gasteiger partial charge in [0.15, 0.2) is 0 Å². The maximum atomic E-state index is 13.1. The fourth-order valence-corrected chi connectivity index (χ4v) is 2.78. The second-order valence-corrected chi connectivity index (χ2v) is 7.21. The Bertz CT molecular complexity index is 546. The molecular weight excluding hydrogens is 330 g/mol. The number of hydrogen-bond donors (Lipinski definition) is 2. The van der Waals surface area contributed by atoms with E-state index in [1.165, 1.54) is 12.1 Å². The van der Waals surface area contributed by atoms with Crippen LogP contribution in [-0.2, 0) is 4.74 Å². The molecule has 22 heavy (non-hydrogen) atoms. The van der Waals surface area contributed by atoms with Crippen molar-refractivity contribution < 1.29 is 13.9 Å². The molecule has 0 radical (unpaired) electrons. The van der Waals surface area contributed by atoms with E-state index < -0.39 is 17.5 Å². The van der Waals surface area contributed by atoms with Crippen LogP contribution in [0.1, 0.15) is 33.6 Å². The first-order valence-electron chi connectivity index (χ1n) is 7.04. The normalized spacial score (nSPS) is 21.0. The summed E-state index contributed by atoms with van der Waals surface area (Å²) in [6.45, 7) is 5.45. The van der Waals surface area contributed by atoms with Crippen molar-refractivity contribution in [2.45, 2.75) is 51.3 Å². The molecule has 1 aliphatic rings. The lowest BCUT2D eigenvalue weighted by Crippen LogP contribution is -2.50. The Kier molecular flexibility index (Phi) is 5.07. The molecule has 0 saturated heterocycles. The number of carbonyl (C=O) groups is 1. The number of amides is 1. The predicted molar refractivity (Wildman–Crippen MR) is 86.2 cm³/mol. The summed E-state index contributed by atoms with van der Waals surface area (Å²) in [6, 6.07) is 2.60. The van der Waals surface area contributed by atoms with Gasteiger partial charge in [-0.3, -0.25) is 0 Å². The van der Waals surface area contributed by atoms with Gasteiger partial charge in [0.25, 0.3) is 0 Å². The molecule has 0 heterocycles. The summed E-state index contributed by atoms with van der Waals surface area (Å²) in [5.74, 6) is -0.473. The summed E-state index contributed by atoms with van der Waals surface area (Å²) in [6.07, 6.45) is 1.03. The number of halogens is 3. The van der Waals surface area contributed by atoms with Crippen LogP contribution in [0.4, 0.5) is 14.9 Å². The topological polar surface area (TPSA) is 50.4 Å². The molecule has 0 bridgehead atoms. The summed E-state index contributed by atoms with van der Waals surface area (Å²) in [7, 11) is 0. The SMILES string of the molecule is CC(C)(C)OC(=O)NC1CC(Nc2c(Cl)cc(F)cc2Cl)C1. The Morgan fingerprint density at radius 1 is 1.23 bits per heavy atom. The van der Waals surface area contributed by atoms with Crippen LogP contribution in [-0.4, -0.2) is 23.8 Å². The highest BCUT2D eigenvalue weighted by atomic mass is 35.5. The lowest BCUT2D eigenvalue weighted by Gasteiger charge is -2.37. The highest BCUT2D eigenvalue weighted by Gasteiger charge is 2.32. The smallest absolute Gasteiger partial charge is 0.407 e. The van der Waals surface area contributed by atoms with Crippen LogP contribution < -0.4 is 10.6 Å². The van der Waals surface area contributed by atoms with Gasteiger partial charge in [-0.1, -0.05) is 23.2 Å². The standard InChI is InChI=1S/C15H19Cl2FN2O2/c1-15(2,3)22-14(21)20-10-6-9(7-10)19-13-11(16)4-8(18)5-12(13)17/h4-5,9-10,19H,6-7H2,1-3H3,(H,20,21). The molecule has 4 nitrogen and oxygen atoms in total. The van der Waals surface area contributed by atoms with Crippen molar-refractivity contribution in [3.63, 3.8) is 0 Å². The van der Waals surface area contributed by atoms with Gasteiger partial charge in [-0.25, -0.2) is 9.18 Å². The molecule has 1 aliphatic carbocycles. The fourth-order valence-electron chi connectivity index (χ4n) is 2.21. The minimum absolute atomic E-state index is 0.0466. The Morgan fingerprint density at radius 3 is 2.27 bits per heavy atom. The average molecular weight is 349 g/mol. The third-order valence-electron chi connectivity index (χ3n) is 3.21. The van der Waals surface area contributed by atoms with E-state index in [0.717, 1.165) is 12.8 Å². The first-order chi connectivity index (χ1) is 10.1. The average Bonchev–Trinajstić information content (AvgIpc) is 2.27. The van der Waals surface area contributed by atoms with E-state index >= 15 is 0 Å². The van der Waals surface area contributed by atoms with E-state index in [9.17, 15) is 9.18 Å². The third-order valence-corrected chi connectivity index (χ3v) is 3.81. The zero-order valence-corrected chi connectivity index (χ0v) is 14.2. The zero-order valence-electron chi connectivity index (χ0n) is 12.7. The van der Waals surface area contributed by atoms with Crippen LogP contribution in [0.2, 0.25) is 10.0 Å². The van der Waals surface area contributed by atoms with Gasteiger partial charge in [0.2, 0.25) is 0 Å². The minimum atomic E-state index is -0.513. The monoisotopic (exact) mass is 348 g/mol. The second kappa shape index (κ2) is 6.50. The molecule has 2 N–H and O–H groups in total. The van der Waals surface area contributed by atoms with Gasteiger partial charge in [0.05, 0.1) is 15.7 Å². The maximum absolute atomic E-state index is 13.1. The number of ether oxygens (including phenoxy) is 1.